The maximum atomic E-state index is 12.7. The van der Waals surface area contributed by atoms with Crippen LogP contribution in [-0.2, 0) is 12.8 Å². The first kappa shape index (κ1) is 17.3. The molecule has 2 N–H and O–H groups in total. The van der Waals surface area contributed by atoms with Gasteiger partial charge in [0.2, 0.25) is 0 Å². The van der Waals surface area contributed by atoms with Crippen molar-refractivity contribution in [2.45, 2.75) is 25.3 Å². The van der Waals surface area contributed by atoms with Crippen LogP contribution in [0.2, 0.25) is 0 Å². The number of aryl methyl sites for hydroxylation is 1. The summed E-state index contributed by atoms with van der Waals surface area (Å²) >= 11 is 0. The van der Waals surface area contributed by atoms with E-state index < -0.39 is 0 Å². The van der Waals surface area contributed by atoms with Gasteiger partial charge in [-0.3, -0.25) is 10.00 Å². The number of hydrogen-bond acceptors (Lipinski definition) is 3. The summed E-state index contributed by atoms with van der Waals surface area (Å²) in [7, 11) is 0. The van der Waals surface area contributed by atoms with Crippen molar-refractivity contribution in [3.05, 3.63) is 59.8 Å². The van der Waals surface area contributed by atoms with Crippen LogP contribution in [0, 0.1) is 0 Å². The zero-order valence-corrected chi connectivity index (χ0v) is 15.9. The SMILES string of the molecule is O=C(Nc1cccc2cn[nH]c12)N1CCN([C@H]2CCc3ccccc3C2)CC1. The van der Waals surface area contributed by atoms with E-state index in [1.54, 1.807) is 6.20 Å². The first-order chi connectivity index (χ1) is 13.8. The molecule has 2 heterocycles. The highest BCUT2D eigenvalue weighted by atomic mass is 16.2. The number of urea groups is 1. The summed E-state index contributed by atoms with van der Waals surface area (Å²) in [5.74, 6) is 0. The Bertz CT molecular complexity index is 989. The number of carbonyl (C=O) groups excluding carboxylic acids is 1. The lowest BCUT2D eigenvalue weighted by atomic mass is 9.87. The second-order valence-corrected chi connectivity index (χ2v) is 7.76. The smallest absolute Gasteiger partial charge is 0.321 e. The Morgan fingerprint density at radius 3 is 2.71 bits per heavy atom. The molecule has 1 atom stereocenters. The summed E-state index contributed by atoms with van der Waals surface area (Å²) < 4.78 is 0. The highest BCUT2D eigenvalue weighted by Gasteiger charge is 2.28. The average Bonchev–Trinajstić information content (AvgIpc) is 3.23. The van der Waals surface area contributed by atoms with E-state index in [0.717, 1.165) is 55.6 Å². The number of nitrogens with one attached hydrogen (secondary N) is 2. The third kappa shape index (κ3) is 3.24. The van der Waals surface area contributed by atoms with Crippen LogP contribution in [0.3, 0.4) is 0 Å². The van der Waals surface area contributed by atoms with Crippen LogP contribution >= 0.6 is 0 Å². The monoisotopic (exact) mass is 375 g/mol. The van der Waals surface area contributed by atoms with E-state index in [1.807, 2.05) is 23.1 Å². The van der Waals surface area contributed by atoms with Crippen LogP contribution in [0.1, 0.15) is 17.5 Å². The minimum Gasteiger partial charge on any atom is -0.322 e. The zero-order valence-electron chi connectivity index (χ0n) is 15.9. The Morgan fingerprint density at radius 1 is 1.04 bits per heavy atom. The molecule has 0 bridgehead atoms. The van der Waals surface area contributed by atoms with E-state index in [-0.39, 0.29) is 6.03 Å². The number of H-pyrrole nitrogens is 1. The highest BCUT2D eigenvalue weighted by molar-refractivity contribution is 5.99. The minimum absolute atomic E-state index is 0.0317. The van der Waals surface area contributed by atoms with Gasteiger partial charge >= 0.3 is 6.03 Å². The molecule has 1 aliphatic heterocycles. The third-order valence-corrected chi connectivity index (χ3v) is 6.16. The quantitative estimate of drug-likeness (QED) is 0.723. The molecule has 2 aliphatic rings. The molecule has 6 heteroatoms. The third-order valence-electron chi connectivity index (χ3n) is 6.16. The van der Waals surface area contributed by atoms with Crippen molar-refractivity contribution >= 4 is 22.6 Å². The van der Waals surface area contributed by atoms with Crippen LogP contribution in [-0.4, -0.2) is 58.2 Å². The van der Waals surface area contributed by atoms with Crippen molar-refractivity contribution in [1.29, 1.82) is 0 Å². The molecule has 6 nitrogen and oxygen atoms in total. The molecule has 2 amide bonds. The standard InChI is InChI=1S/C22H25N5O/c28-22(24-20-7-3-6-18-15-23-25-21(18)20)27-12-10-26(11-13-27)19-9-8-16-4-1-2-5-17(16)14-19/h1-7,15,19H,8-14H2,(H,23,25)(H,24,28)/t19-/m0/s1. The fourth-order valence-electron chi connectivity index (χ4n) is 4.55. The van der Waals surface area contributed by atoms with Crippen LogP contribution in [0.15, 0.2) is 48.7 Å². The number of amides is 2. The molecule has 1 aromatic heterocycles. The zero-order chi connectivity index (χ0) is 18.9. The summed E-state index contributed by atoms with van der Waals surface area (Å²) in [5.41, 5.74) is 4.65. The number of para-hydroxylation sites is 1. The average molecular weight is 375 g/mol. The fourth-order valence-corrected chi connectivity index (χ4v) is 4.55. The van der Waals surface area contributed by atoms with Crippen molar-refractivity contribution in [1.82, 2.24) is 20.0 Å². The van der Waals surface area contributed by atoms with Crippen LogP contribution in [0.5, 0.6) is 0 Å². The van der Waals surface area contributed by atoms with Gasteiger partial charge in [-0.1, -0.05) is 36.4 Å². The predicted molar refractivity (Wildman–Crippen MR) is 111 cm³/mol. The summed E-state index contributed by atoms with van der Waals surface area (Å²) in [6.07, 6.45) is 5.27. The summed E-state index contributed by atoms with van der Waals surface area (Å²) in [4.78, 5) is 17.2. The summed E-state index contributed by atoms with van der Waals surface area (Å²) in [6, 6.07) is 15.2. The summed E-state index contributed by atoms with van der Waals surface area (Å²) in [5, 5.41) is 11.1. The molecule has 1 aliphatic carbocycles. The Kier molecular flexibility index (Phi) is 4.49. The second kappa shape index (κ2) is 7.28. The van der Waals surface area contributed by atoms with Crippen LogP contribution in [0.25, 0.3) is 10.9 Å². The van der Waals surface area contributed by atoms with E-state index in [4.69, 9.17) is 0 Å². The number of benzene rings is 2. The molecule has 28 heavy (non-hydrogen) atoms. The maximum Gasteiger partial charge on any atom is 0.321 e. The van der Waals surface area contributed by atoms with Gasteiger partial charge in [0.05, 0.1) is 17.4 Å². The first-order valence-corrected chi connectivity index (χ1v) is 10.1. The van der Waals surface area contributed by atoms with Crippen LogP contribution in [0.4, 0.5) is 10.5 Å². The van der Waals surface area contributed by atoms with Gasteiger partial charge in [-0.05, 0) is 36.5 Å². The Labute approximate surface area is 164 Å². The number of carbonyl (C=O) groups is 1. The Balaban J connectivity index is 1.19. The van der Waals surface area contributed by atoms with Crippen molar-refractivity contribution in [3.63, 3.8) is 0 Å². The normalized spacial score (nSPS) is 20.1. The molecule has 0 spiro atoms. The first-order valence-electron chi connectivity index (χ1n) is 10.1. The maximum absolute atomic E-state index is 12.7. The lowest BCUT2D eigenvalue weighted by molar-refractivity contribution is 0.106. The predicted octanol–water partition coefficient (Wildman–Crippen LogP) is 3.27. The van der Waals surface area contributed by atoms with Crippen molar-refractivity contribution < 1.29 is 4.79 Å². The number of hydrogen-bond donors (Lipinski definition) is 2. The number of anilines is 1. The van der Waals surface area contributed by atoms with Crippen LogP contribution < -0.4 is 5.32 Å². The molecule has 3 aromatic rings. The molecule has 1 fully saturated rings. The molecule has 2 aromatic carbocycles. The molecule has 0 radical (unpaired) electrons. The summed E-state index contributed by atoms with van der Waals surface area (Å²) in [6.45, 7) is 3.41. The molecule has 1 saturated heterocycles. The van der Waals surface area contributed by atoms with Gasteiger partial charge in [0.25, 0.3) is 0 Å². The Morgan fingerprint density at radius 2 is 1.86 bits per heavy atom. The van der Waals surface area contributed by atoms with Gasteiger partial charge in [-0.15, -0.1) is 0 Å². The van der Waals surface area contributed by atoms with Crippen molar-refractivity contribution in [2.75, 3.05) is 31.5 Å². The van der Waals surface area contributed by atoms with Gasteiger partial charge in [0, 0.05) is 37.6 Å². The molecule has 144 valence electrons. The molecular formula is C22H25N5O. The van der Waals surface area contributed by atoms with Gasteiger partial charge < -0.3 is 10.2 Å². The van der Waals surface area contributed by atoms with E-state index in [9.17, 15) is 4.79 Å². The Hall–Kier alpha value is -2.86. The fraction of sp³-hybridized carbons (Fsp3) is 0.364. The number of aromatic amines is 1. The number of rotatable bonds is 2. The highest BCUT2D eigenvalue weighted by Crippen LogP contribution is 2.25. The van der Waals surface area contributed by atoms with Gasteiger partial charge in [-0.2, -0.15) is 5.10 Å². The second-order valence-electron chi connectivity index (χ2n) is 7.76. The molecule has 0 saturated carbocycles. The topological polar surface area (TPSA) is 64.3 Å². The lowest BCUT2D eigenvalue weighted by Gasteiger charge is -2.41. The van der Waals surface area contributed by atoms with E-state index in [1.165, 1.54) is 17.5 Å². The number of aromatic nitrogens is 2. The van der Waals surface area contributed by atoms with Gasteiger partial charge in [-0.25, -0.2) is 4.79 Å². The van der Waals surface area contributed by atoms with Crippen molar-refractivity contribution in [3.8, 4) is 0 Å². The van der Waals surface area contributed by atoms with E-state index in [0.29, 0.717) is 6.04 Å². The molecular weight excluding hydrogens is 350 g/mol. The number of fused-ring (bicyclic) bond motifs is 2. The number of piperazine rings is 1. The number of nitrogens with zero attached hydrogens (tertiary/aromatic N) is 3. The van der Waals surface area contributed by atoms with Gasteiger partial charge in [0.1, 0.15) is 0 Å². The van der Waals surface area contributed by atoms with E-state index >= 15 is 0 Å². The van der Waals surface area contributed by atoms with Gasteiger partial charge in [0.15, 0.2) is 0 Å². The minimum atomic E-state index is -0.0317. The largest absolute Gasteiger partial charge is 0.322 e. The molecule has 0 unspecified atom stereocenters. The van der Waals surface area contributed by atoms with Crippen molar-refractivity contribution in [2.24, 2.45) is 0 Å². The lowest BCUT2D eigenvalue weighted by Crippen LogP contribution is -2.53. The molecule has 5 rings (SSSR count). The van der Waals surface area contributed by atoms with E-state index in [2.05, 4.69) is 44.7 Å².